The van der Waals surface area contributed by atoms with E-state index in [0.717, 1.165) is 44.1 Å². The number of likely N-dealkylation sites (tertiary alicyclic amines) is 1. The summed E-state index contributed by atoms with van der Waals surface area (Å²) in [6, 6.07) is 14.5. The van der Waals surface area contributed by atoms with E-state index in [-0.39, 0.29) is 17.2 Å². The number of hydrogen-bond acceptors (Lipinski definition) is 3. The van der Waals surface area contributed by atoms with E-state index in [1.165, 1.54) is 5.56 Å². The predicted molar refractivity (Wildman–Crippen MR) is 88.0 cm³/mol. The molecular weight excluding hydrogens is 288 g/mol. The van der Waals surface area contributed by atoms with Crippen molar-refractivity contribution in [1.29, 1.82) is 0 Å². The number of carbonyl (C=O) groups excluding carboxylic acids is 1. The monoisotopic (exact) mass is 310 g/mol. The van der Waals surface area contributed by atoms with E-state index in [1.807, 2.05) is 25.1 Å². The average molecular weight is 310 g/mol. The fourth-order valence-electron chi connectivity index (χ4n) is 4.20. The highest BCUT2D eigenvalue weighted by Gasteiger charge is 2.54. The van der Waals surface area contributed by atoms with Crippen LogP contribution in [0.1, 0.15) is 29.4 Å². The number of benzene rings is 1. The predicted octanol–water partition coefficient (Wildman–Crippen LogP) is 2.69. The summed E-state index contributed by atoms with van der Waals surface area (Å²) in [5.41, 5.74) is 0.978. The summed E-state index contributed by atoms with van der Waals surface area (Å²) in [6.45, 7) is 5.23. The second-order valence-electron chi connectivity index (χ2n) is 6.81. The Morgan fingerprint density at radius 1 is 1.26 bits per heavy atom. The minimum Gasteiger partial charge on any atom is -0.465 e. The highest BCUT2D eigenvalue weighted by Crippen LogP contribution is 2.47. The third-order valence-electron chi connectivity index (χ3n) is 5.30. The molecule has 1 amide bonds. The first-order chi connectivity index (χ1) is 11.2. The fourth-order valence-corrected chi connectivity index (χ4v) is 4.20. The van der Waals surface area contributed by atoms with Gasteiger partial charge in [0.15, 0.2) is 0 Å². The molecule has 0 aliphatic carbocycles. The zero-order valence-electron chi connectivity index (χ0n) is 13.4. The summed E-state index contributed by atoms with van der Waals surface area (Å²) >= 11 is 0. The van der Waals surface area contributed by atoms with Crippen LogP contribution in [0.5, 0.6) is 0 Å². The van der Waals surface area contributed by atoms with Crippen LogP contribution in [0, 0.1) is 12.3 Å². The van der Waals surface area contributed by atoms with Gasteiger partial charge in [-0.1, -0.05) is 30.3 Å². The number of rotatable bonds is 3. The van der Waals surface area contributed by atoms with E-state index in [4.69, 9.17) is 4.42 Å². The minimum atomic E-state index is -0.289. The maximum absolute atomic E-state index is 12.6. The van der Waals surface area contributed by atoms with Crippen molar-refractivity contribution >= 4 is 5.91 Å². The summed E-state index contributed by atoms with van der Waals surface area (Å²) in [4.78, 5) is 15.0. The number of nitrogens with zero attached hydrogens (tertiary/aromatic N) is 1. The zero-order chi connectivity index (χ0) is 15.9. The van der Waals surface area contributed by atoms with Crippen LogP contribution in [0.4, 0.5) is 0 Å². The van der Waals surface area contributed by atoms with Crippen molar-refractivity contribution in [2.24, 2.45) is 5.41 Å². The van der Waals surface area contributed by atoms with Gasteiger partial charge in [0, 0.05) is 25.6 Å². The van der Waals surface area contributed by atoms with Gasteiger partial charge in [-0.3, -0.25) is 9.69 Å². The second kappa shape index (κ2) is 5.53. The Labute approximate surface area is 136 Å². The first-order valence-corrected chi connectivity index (χ1v) is 8.28. The molecule has 0 bridgehead atoms. The molecule has 0 saturated carbocycles. The molecule has 1 spiro atoms. The molecule has 1 aromatic carbocycles. The quantitative estimate of drug-likeness (QED) is 0.948. The SMILES string of the molecule is Cc1ccc(CN2C[C@@H](c3ccccc3)[C@@]3(CCNC3=O)C2)o1. The second-order valence-corrected chi connectivity index (χ2v) is 6.81. The molecule has 4 nitrogen and oxygen atoms in total. The third-order valence-corrected chi connectivity index (χ3v) is 5.30. The molecular formula is C19H22N2O2. The van der Waals surface area contributed by atoms with Gasteiger partial charge in [0.25, 0.3) is 0 Å². The van der Waals surface area contributed by atoms with Crippen LogP contribution in [-0.4, -0.2) is 30.4 Å². The van der Waals surface area contributed by atoms with Gasteiger partial charge >= 0.3 is 0 Å². The van der Waals surface area contributed by atoms with Crippen molar-refractivity contribution in [3.63, 3.8) is 0 Å². The maximum atomic E-state index is 12.6. The summed E-state index contributed by atoms with van der Waals surface area (Å²) in [7, 11) is 0. The molecule has 1 aromatic heterocycles. The topological polar surface area (TPSA) is 45.5 Å². The van der Waals surface area contributed by atoms with Crippen LogP contribution in [0.25, 0.3) is 0 Å². The molecule has 2 saturated heterocycles. The van der Waals surface area contributed by atoms with Gasteiger partial charge in [-0.25, -0.2) is 0 Å². The lowest BCUT2D eigenvalue weighted by Gasteiger charge is -2.27. The first kappa shape index (κ1) is 14.5. The van der Waals surface area contributed by atoms with E-state index in [9.17, 15) is 4.79 Å². The van der Waals surface area contributed by atoms with E-state index in [1.54, 1.807) is 0 Å². The molecule has 0 radical (unpaired) electrons. The number of hydrogen-bond donors (Lipinski definition) is 1. The van der Waals surface area contributed by atoms with Gasteiger partial charge in [0.2, 0.25) is 5.91 Å². The highest BCUT2D eigenvalue weighted by atomic mass is 16.3. The number of amides is 1. The lowest BCUT2D eigenvalue weighted by atomic mass is 9.73. The summed E-state index contributed by atoms with van der Waals surface area (Å²) in [6.07, 6.45) is 0.916. The highest BCUT2D eigenvalue weighted by molar-refractivity contribution is 5.86. The number of nitrogens with one attached hydrogen (secondary N) is 1. The lowest BCUT2D eigenvalue weighted by Crippen LogP contribution is -2.37. The normalized spacial score (nSPS) is 27.7. The van der Waals surface area contributed by atoms with Gasteiger partial charge in [-0.05, 0) is 31.0 Å². The van der Waals surface area contributed by atoms with E-state index in [2.05, 4.69) is 34.5 Å². The van der Waals surface area contributed by atoms with Crippen molar-refractivity contribution in [3.8, 4) is 0 Å². The molecule has 0 unspecified atom stereocenters. The lowest BCUT2D eigenvalue weighted by molar-refractivity contribution is -0.127. The van der Waals surface area contributed by atoms with E-state index >= 15 is 0 Å². The van der Waals surface area contributed by atoms with Crippen LogP contribution in [0.3, 0.4) is 0 Å². The smallest absolute Gasteiger partial charge is 0.228 e. The maximum Gasteiger partial charge on any atom is 0.228 e. The molecule has 2 atom stereocenters. The fraction of sp³-hybridized carbons (Fsp3) is 0.421. The molecule has 4 heteroatoms. The Hall–Kier alpha value is -2.07. The van der Waals surface area contributed by atoms with E-state index in [0.29, 0.717) is 0 Å². The standard InChI is InChI=1S/C19H22N2O2/c1-14-7-8-16(23-14)11-21-12-17(15-5-3-2-4-6-15)19(13-21)9-10-20-18(19)22/h2-8,17H,9-13H2,1H3,(H,20,22)/t17-,19+/m0/s1. The molecule has 2 aliphatic heterocycles. The van der Waals surface area contributed by atoms with Gasteiger partial charge in [-0.2, -0.15) is 0 Å². The summed E-state index contributed by atoms with van der Waals surface area (Å²) in [5, 5.41) is 3.05. The molecule has 2 aliphatic rings. The van der Waals surface area contributed by atoms with Crippen LogP contribution in [0.15, 0.2) is 46.9 Å². The van der Waals surface area contributed by atoms with Crippen LogP contribution in [0.2, 0.25) is 0 Å². The first-order valence-electron chi connectivity index (χ1n) is 8.28. The number of furan rings is 1. The van der Waals surface area contributed by atoms with Crippen LogP contribution in [-0.2, 0) is 11.3 Å². The van der Waals surface area contributed by atoms with Gasteiger partial charge in [0.05, 0.1) is 12.0 Å². The van der Waals surface area contributed by atoms with Crippen molar-refractivity contribution in [1.82, 2.24) is 10.2 Å². The van der Waals surface area contributed by atoms with Crippen LogP contribution >= 0.6 is 0 Å². The van der Waals surface area contributed by atoms with Crippen LogP contribution < -0.4 is 5.32 Å². The van der Waals surface area contributed by atoms with Gasteiger partial charge in [-0.15, -0.1) is 0 Å². The molecule has 2 fully saturated rings. The molecule has 1 N–H and O–H groups in total. The van der Waals surface area contributed by atoms with Crippen molar-refractivity contribution in [2.45, 2.75) is 25.8 Å². The Morgan fingerprint density at radius 3 is 2.74 bits per heavy atom. The average Bonchev–Trinajstić information content (AvgIpc) is 3.23. The zero-order valence-corrected chi connectivity index (χ0v) is 13.4. The Morgan fingerprint density at radius 2 is 2.09 bits per heavy atom. The van der Waals surface area contributed by atoms with Gasteiger partial charge < -0.3 is 9.73 Å². The Bertz CT molecular complexity index is 709. The minimum absolute atomic E-state index is 0.212. The molecule has 4 rings (SSSR count). The van der Waals surface area contributed by atoms with Crippen molar-refractivity contribution in [2.75, 3.05) is 19.6 Å². The molecule has 23 heavy (non-hydrogen) atoms. The summed E-state index contributed by atoms with van der Waals surface area (Å²) < 4.78 is 5.72. The summed E-state index contributed by atoms with van der Waals surface area (Å²) in [5.74, 6) is 2.38. The van der Waals surface area contributed by atoms with Crippen molar-refractivity contribution in [3.05, 3.63) is 59.5 Å². The number of aryl methyl sites for hydroxylation is 1. The Balaban J connectivity index is 1.62. The number of carbonyl (C=O) groups is 1. The molecule has 3 heterocycles. The largest absolute Gasteiger partial charge is 0.465 e. The Kier molecular flexibility index (Phi) is 3.49. The van der Waals surface area contributed by atoms with Crippen molar-refractivity contribution < 1.29 is 9.21 Å². The third kappa shape index (κ3) is 2.47. The molecule has 120 valence electrons. The van der Waals surface area contributed by atoms with Gasteiger partial charge in [0.1, 0.15) is 11.5 Å². The molecule has 2 aromatic rings. The van der Waals surface area contributed by atoms with E-state index < -0.39 is 0 Å².